The normalized spacial score (nSPS) is 11.1. The van der Waals surface area contributed by atoms with E-state index in [1.165, 1.54) is 0 Å². The molecule has 22 heavy (non-hydrogen) atoms. The largest absolute Gasteiger partial charge is 0.366 e. The number of ketones is 1. The van der Waals surface area contributed by atoms with Crippen LogP contribution in [0.2, 0.25) is 0 Å². The van der Waals surface area contributed by atoms with Gasteiger partial charge in [-0.3, -0.25) is 4.79 Å². The highest BCUT2D eigenvalue weighted by molar-refractivity contribution is 5.98. The van der Waals surface area contributed by atoms with E-state index in [1.807, 2.05) is 37.9 Å². The Morgan fingerprint density at radius 2 is 1.95 bits per heavy atom. The average molecular weight is 299 g/mol. The van der Waals surface area contributed by atoms with Crippen LogP contribution in [0.1, 0.15) is 28.4 Å². The predicted octanol–water partition coefficient (Wildman–Crippen LogP) is 2.39. The van der Waals surface area contributed by atoms with Gasteiger partial charge in [0, 0.05) is 19.2 Å². The summed E-state index contributed by atoms with van der Waals surface area (Å²) in [4.78, 5) is 18.9. The molecule has 0 unspecified atom stereocenters. The smallest absolute Gasteiger partial charge is 0.182 e. The molecule has 0 bridgehead atoms. The van der Waals surface area contributed by atoms with Crippen LogP contribution in [0.25, 0.3) is 0 Å². The van der Waals surface area contributed by atoms with E-state index < -0.39 is 0 Å². The van der Waals surface area contributed by atoms with Crippen molar-refractivity contribution in [3.8, 4) is 0 Å². The minimum absolute atomic E-state index is 0.0432. The fraction of sp³-hybridized carbons (Fsp3) is 0.375. The van der Waals surface area contributed by atoms with Gasteiger partial charge in [0.2, 0.25) is 0 Å². The van der Waals surface area contributed by atoms with Crippen LogP contribution in [0.3, 0.4) is 0 Å². The molecule has 0 aliphatic carbocycles. The van der Waals surface area contributed by atoms with Gasteiger partial charge in [-0.15, -0.1) is 10.2 Å². The Kier molecular flexibility index (Phi) is 5.04. The summed E-state index contributed by atoms with van der Waals surface area (Å²) in [6.45, 7) is 7.11. The Hall–Kier alpha value is -2.50. The quantitative estimate of drug-likeness (QED) is 0.467. The van der Waals surface area contributed by atoms with Crippen LogP contribution < -0.4 is 0 Å². The van der Waals surface area contributed by atoms with Crippen LogP contribution in [0.15, 0.2) is 29.8 Å². The van der Waals surface area contributed by atoms with Gasteiger partial charge in [0.05, 0.1) is 18.6 Å². The lowest BCUT2D eigenvalue weighted by Gasteiger charge is -2.11. The first-order valence-electron chi connectivity index (χ1n) is 7.22. The van der Waals surface area contributed by atoms with Crippen LogP contribution >= 0.6 is 0 Å². The molecule has 0 aliphatic heterocycles. The maximum Gasteiger partial charge on any atom is 0.182 e. The minimum atomic E-state index is 0.0432. The van der Waals surface area contributed by atoms with Crippen LogP contribution in [-0.2, 0) is 6.54 Å². The zero-order chi connectivity index (χ0) is 16.1. The summed E-state index contributed by atoms with van der Waals surface area (Å²) >= 11 is 0. The summed E-state index contributed by atoms with van der Waals surface area (Å²) in [6, 6.07) is 3.86. The van der Waals surface area contributed by atoms with Gasteiger partial charge < -0.3 is 9.47 Å². The molecule has 0 atom stereocenters. The fourth-order valence-corrected chi connectivity index (χ4v) is 2.04. The Morgan fingerprint density at radius 1 is 1.27 bits per heavy atom. The molecule has 6 nitrogen and oxygen atoms in total. The van der Waals surface area contributed by atoms with E-state index in [9.17, 15) is 4.79 Å². The number of aliphatic imine (C=N–C) groups is 1. The number of carbonyl (C=O) groups is 1. The summed E-state index contributed by atoms with van der Waals surface area (Å²) in [5.41, 5.74) is 3.51. The van der Waals surface area contributed by atoms with Crippen molar-refractivity contribution >= 4 is 17.8 Å². The lowest BCUT2D eigenvalue weighted by Crippen LogP contribution is -2.14. The summed E-state index contributed by atoms with van der Waals surface area (Å²) in [7, 11) is 1.97. The van der Waals surface area contributed by atoms with Gasteiger partial charge in [-0.05, 0) is 44.0 Å². The number of Topliss-reactive ketones (excluding diaryl/α,β-unsaturated/α-hetero) is 1. The van der Waals surface area contributed by atoms with Crippen molar-refractivity contribution in [2.45, 2.75) is 27.3 Å². The Labute approximate surface area is 130 Å². The summed E-state index contributed by atoms with van der Waals surface area (Å²) < 4.78 is 1.67. The first-order valence-corrected chi connectivity index (χ1v) is 7.22. The molecule has 0 aliphatic rings. The third-order valence-electron chi connectivity index (χ3n) is 3.53. The molecule has 1 heterocycles. The molecule has 1 aromatic heterocycles. The summed E-state index contributed by atoms with van der Waals surface area (Å²) in [5, 5.41) is 7.42. The molecule has 0 amide bonds. The van der Waals surface area contributed by atoms with E-state index in [4.69, 9.17) is 0 Å². The third kappa shape index (κ3) is 3.78. The van der Waals surface area contributed by atoms with Crippen molar-refractivity contribution in [2.75, 3.05) is 13.6 Å². The highest BCUT2D eigenvalue weighted by atomic mass is 16.1. The number of hydrogen-bond acceptors (Lipinski definition) is 4. The van der Waals surface area contributed by atoms with Crippen molar-refractivity contribution in [1.29, 1.82) is 0 Å². The monoisotopic (exact) mass is 299 g/mol. The molecule has 0 radical (unpaired) electrons. The number of nitrogens with zero attached hydrogens (tertiary/aromatic N) is 5. The molecule has 0 spiro atoms. The lowest BCUT2D eigenvalue weighted by molar-refractivity contribution is 0.0971. The number of carbonyl (C=O) groups excluding carboxylic acids is 1. The molecule has 0 saturated heterocycles. The molecule has 6 heteroatoms. The zero-order valence-electron chi connectivity index (χ0n) is 13.4. The van der Waals surface area contributed by atoms with E-state index in [1.54, 1.807) is 23.6 Å². The second kappa shape index (κ2) is 6.98. The van der Waals surface area contributed by atoms with E-state index in [2.05, 4.69) is 22.1 Å². The minimum Gasteiger partial charge on any atom is -0.366 e. The number of aromatic nitrogens is 3. The van der Waals surface area contributed by atoms with Crippen LogP contribution in [0, 0.1) is 13.8 Å². The van der Waals surface area contributed by atoms with Crippen LogP contribution in [-0.4, -0.2) is 45.4 Å². The topological polar surface area (TPSA) is 63.4 Å². The van der Waals surface area contributed by atoms with Crippen molar-refractivity contribution in [3.63, 3.8) is 0 Å². The van der Waals surface area contributed by atoms with Gasteiger partial charge >= 0.3 is 0 Å². The average Bonchev–Trinajstić information content (AvgIpc) is 3.00. The maximum absolute atomic E-state index is 12.4. The SMILES string of the molecule is CCN(C)C=Nc1cc(C)c(C(=O)Cn2cnnc2)cc1C. The molecule has 0 fully saturated rings. The summed E-state index contributed by atoms with van der Waals surface area (Å²) in [5.74, 6) is 0.0432. The van der Waals surface area contributed by atoms with Gasteiger partial charge in [0.25, 0.3) is 0 Å². The fourth-order valence-electron chi connectivity index (χ4n) is 2.04. The Morgan fingerprint density at radius 3 is 2.59 bits per heavy atom. The Balaban J connectivity index is 2.22. The van der Waals surface area contributed by atoms with Gasteiger partial charge in [-0.2, -0.15) is 0 Å². The zero-order valence-corrected chi connectivity index (χ0v) is 13.4. The third-order valence-corrected chi connectivity index (χ3v) is 3.53. The first kappa shape index (κ1) is 15.9. The van der Waals surface area contributed by atoms with Crippen molar-refractivity contribution in [2.24, 2.45) is 4.99 Å². The van der Waals surface area contributed by atoms with E-state index in [0.717, 1.165) is 23.4 Å². The Bertz CT molecular complexity index is 676. The number of aryl methyl sites for hydroxylation is 2. The van der Waals surface area contributed by atoms with Gasteiger partial charge in [-0.1, -0.05) is 0 Å². The van der Waals surface area contributed by atoms with Crippen molar-refractivity contribution in [3.05, 3.63) is 41.5 Å². The molecule has 0 saturated carbocycles. The highest BCUT2D eigenvalue weighted by Crippen LogP contribution is 2.23. The van der Waals surface area contributed by atoms with Gasteiger partial charge in [0.1, 0.15) is 12.7 Å². The number of rotatable bonds is 6. The first-order chi connectivity index (χ1) is 10.5. The predicted molar refractivity (Wildman–Crippen MR) is 86.7 cm³/mol. The lowest BCUT2D eigenvalue weighted by atomic mass is 10.0. The molecule has 1 aromatic carbocycles. The summed E-state index contributed by atoms with van der Waals surface area (Å²) in [6.07, 6.45) is 4.89. The number of hydrogen-bond donors (Lipinski definition) is 0. The molecule has 2 rings (SSSR count). The molecule has 116 valence electrons. The van der Waals surface area contributed by atoms with Gasteiger partial charge in [0.15, 0.2) is 5.78 Å². The van der Waals surface area contributed by atoms with Crippen LogP contribution in [0.4, 0.5) is 5.69 Å². The van der Waals surface area contributed by atoms with Crippen molar-refractivity contribution in [1.82, 2.24) is 19.7 Å². The van der Waals surface area contributed by atoms with E-state index in [0.29, 0.717) is 5.56 Å². The van der Waals surface area contributed by atoms with Crippen LogP contribution in [0.5, 0.6) is 0 Å². The van der Waals surface area contributed by atoms with Crippen molar-refractivity contribution < 1.29 is 4.79 Å². The van der Waals surface area contributed by atoms with E-state index in [-0.39, 0.29) is 12.3 Å². The molecular formula is C16H21N5O. The van der Waals surface area contributed by atoms with Gasteiger partial charge in [-0.25, -0.2) is 4.99 Å². The highest BCUT2D eigenvalue weighted by Gasteiger charge is 2.12. The standard InChI is InChI=1S/C16H21N5O/c1-5-20(4)9-17-15-7-12(2)14(6-13(15)3)16(22)8-21-10-18-19-11-21/h6-7,9-11H,5,8H2,1-4H3. The number of benzene rings is 1. The van der Waals surface area contributed by atoms with E-state index >= 15 is 0 Å². The molecule has 0 N–H and O–H groups in total. The molecule has 2 aromatic rings. The second-order valence-corrected chi connectivity index (χ2v) is 5.33. The maximum atomic E-state index is 12.4. The second-order valence-electron chi connectivity index (χ2n) is 5.33. The molecular weight excluding hydrogens is 278 g/mol.